The van der Waals surface area contributed by atoms with Crippen LogP contribution in [0.25, 0.3) is 0 Å². The molecule has 3 heteroatoms. The Morgan fingerprint density at radius 1 is 1.53 bits per heavy atom. The number of aromatic hydroxyl groups is 1. The van der Waals surface area contributed by atoms with E-state index in [9.17, 15) is 9.90 Å². The standard InChI is InChI=1S/C13H16O3.CH4/c1-5-9(3)10-6-8(2)7-11(12(10)14)13(15)16-4;/h5-7,9,14H,1H2,2-4H3;1H4. The van der Waals surface area contributed by atoms with Gasteiger partial charge < -0.3 is 9.84 Å². The van der Waals surface area contributed by atoms with Gasteiger partial charge in [-0.3, -0.25) is 0 Å². The number of carbonyl (C=O) groups excluding carboxylic acids is 1. The normalized spacial score (nSPS) is 11.2. The summed E-state index contributed by atoms with van der Waals surface area (Å²) in [6.07, 6.45) is 1.72. The van der Waals surface area contributed by atoms with Crippen LogP contribution in [0.15, 0.2) is 24.8 Å². The molecule has 0 aliphatic heterocycles. The molecule has 0 saturated heterocycles. The van der Waals surface area contributed by atoms with Gasteiger partial charge in [0.2, 0.25) is 0 Å². The number of benzene rings is 1. The van der Waals surface area contributed by atoms with Gasteiger partial charge in [-0.2, -0.15) is 0 Å². The highest BCUT2D eigenvalue weighted by Gasteiger charge is 2.17. The maximum atomic E-state index is 11.4. The minimum atomic E-state index is -0.529. The highest BCUT2D eigenvalue weighted by Crippen LogP contribution is 2.31. The Labute approximate surface area is 103 Å². The molecule has 1 atom stereocenters. The average Bonchev–Trinajstić information content (AvgIpc) is 2.29. The summed E-state index contributed by atoms with van der Waals surface area (Å²) in [6, 6.07) is 3.45. The van der Waals surface area contributed by atoms with E-state index in [-0.39, 0.29) is 24.7 Å². The summed E-state index contributed by atoms with van der Waals surface area (Å²) in [7, 11) is 1.29. The van der Waals surface area contributed by atoms with Crippen molar-refractivity contribution in [3.63, 3.8) is 0 Å². The zero-order chi connectivity index (χ0) is 12.3. The van der Waals surface area contributed by atoms with Crippen LogP contribution in [0.3, 0.4) is 0 Å². The first-order valence-corrected chi connectivity index (χ1v) is 5.05. The maximum Gasteiger partial charge on any atom is 0.341 e. The van der Waals surface area contributed by atoms with Gasteiger partial charge in [0.05, 0.1) is 7.11 Å². The molecule has 17 heavy (non-hydrogen) atoms. The number of hydrogen-bond acceptors (Lipinski definition) is 3. The third-order valence-electron chi connectivity index (χ3n) is 2.53. The number of methoxy groups -OCH3 is 1. The predicted octanol–water partition coefficient (Wildman–Crippen LogP) is 3.41. The van der Waals surface area contributed by atoms with Gasteiger partial charge in [-0.1, -0.05) is 26.5 Å². The lowest BCUT2D eigenvalue weighted by Gasteiger charge is -2.13. The lowest BCUT2D eigenvalue weighted by atomic mass is 9.95. The molecule has 0 saturated carbocycles. The van der Waals surface area contributed by atoms with Crippen molar-refractivity contribution in [1.82, 2.24) is 0 Å². The Kier molecular flexibility index (Phi) is 5.45. The summed E-state index contributed by atoms with van der Waals surface area (Å²) >= 11 is 0. The molecular weight excluding hydrogens is 216 g/mol. The summed E-state index contributed by atoms with van der Waals surface area (Å²) < 4.78 is 4.62. The van der Waals surface area contributed by atoms with Crippen molar-refractivity contribution < 1.29 is 14.6 Å². The number of aryl methyl sites for hydroxylation is 1. The van der Waals surface area contributed by atoms with E-state index in [1.165, 1.54) is 7.11 Å². The molecule has 0 spiro atoms. The Bertz CT molecular complexity index is 422. The van der Waals surface area contributed by atoms with E-state index in [2.05, 4.69) is 11.3 Å². The van der Waals surface area contributed by atoms with Gasteiger partial charge in [0, 0.05) is 11.5 Å². The van der Waals surface area contributed by atoms with Gasteiger partial charge >= 0.3 is 5.97 Å². The first kappa shape index (κ1) is 15.2. The Morgan fingerprint density at radius 3 is 2.59 bits per heavy atom. The molecule has 1 unspecified atom stereocenters. The van der Waals surface area contributed by atoms with E-state index in [1.54, 1.807) is 12.1 Å². The second-order valence-electron chi connectivity index (χ2n) is 3.77. The molecule has 0 amide bonds. The lowest BCUT2D eigenvalue weighted by molar-refractivity contribution is 0.0597. The fourth-order valence-corrected chi connectivity index (χ4v) is 1.55. The van der Waals surface area contributed by atoms with Crippen LogP contribution in [0.2, 0.25) is 0 Å². The molecule has 3 nitrogen and oxygen atoms in total. The van der Waals surface area contributed by atoms with E-state index in [0.717, 1.165) is 5.56 Å². The molecule has 1 rings (SSSR count). The number of carbonyl (C=O) groups is 1. The highest BCUT2D eigenvalue weighted by molar-refractivity contribution is 5.93. The molecule has 0 heterocycles. The maximum absolute atomic E-state index is 11.4. The summed E-state index contributed by atoms with van der Waals surface area (Å²) in [5.41, 5.74) is 1.79. The highest BCUT2D eigenvalue weighted by atomic mass is 16.5. The first-order valence-electron chi connectivity index (χ1n) is 5.05. The third kappa shape index (κ3) is 3.09. The van der Waals surface area contributed by atoms with Gasteiger partial charge in [0.15, 0.2) is 0 Å². The van der Waals surface area contributed by atoms with Crippen LogP contribution in [0.1, 0.15) is 41.8 Å². The molecule has 1 N–H and O–H groups in total. The minimum Gasteiger partial charge on any atom is -0.507 e. The van der Waals surface area contributed by atoms with Crippen molar-refractivity contribution in [2.75, 3.05) is 7.11 Å². The topological polar surface area (TPSA) is 46.5 Å². The number of rotatable bonds is 3. The molecule has 1 aromatic carbocycles. The average molecular weight is 236 g/mol. The molecule has 0 aliphatic rings. The Morgan fingerprint density at radius 2 is 2.12 bits per heavy atom. The molecule has 0 bridgehead atoms. The van der Waals surface area contributed by atoms with Crippen molar-refractivity contribution in [1.29, 1.82) is 0 Å². The van der Waals surface area contributed by atoms with E-state index in [4.69, 9.17) is 0 Å². The van der Waals surface area contributed by atoms with E-state index < -0.39 is 5.97 Å². The monoisotopic (exact) mass is 236 g/mol. The second-order valence-corrected chi connectivity index (χ2v) is 3.77. The third-order valence-corrected chi connectivity index (χ3v) is 2.53. The zero-order valence-electron chi connectivity index (χ0n) is 9.78. The van der Waals surface area contributed by atoms with Gasteiger partial charge in [0.1, 0.15) is 11.3 Å². The van der Waals surface area contributed by atoms with Crippen molar-refractivity contribution >= 4 is 5.97 Å². The summed E-state index contributed by atoms with van der Waals surface area (Å²) in [4.78, 5) is 11.4. The molecule has 1 aromatic rings. The summed E-state index contributed by atoms with van der Waals surface area (Å²) in [6.45, 7) is 7.45. The number of phenolic OH excluding ortho intramolecular Hbond substituents is 1. The van der Waals surface area contributed by atoms with E-state index >= 15 is 0 Å². The number of esters is 1. The second kappa shape index (κ2) is 6.09. The molecule has 0 aliphatic carbocycles. The molecule has 94 valence electrons. The lowest BCUT2D eigenvalue weighted by Crippen LogP contribution is -2.04. The van der Waals surface area contributed by atoms with Crippen molar-refractivity contribution in [3.8, 4) is 5.75 Å². The fourth-order valence-electron chi connectivity index (χ4n) is 1.55. The van der Waals surface area contributed by atoms with Crippen molar-refractivity contribution in [2.45, 2.75) is 27.2 Å². The first-order chi connectivity index (χ1) is 7.51. The fraction of sp³-hybridized carbons (Fsp3) is 0.357. The van der Waals surface area contributed by atoms with Gasteiger partial charge in [-0.05, 0) is 18.6 Å². The van der Waals surface area contributed by atoms with Crippen LogP contribution in [0, 0.1) is 6.92 Å². The number of hydrogen-bond donors (Lipinski definition) is 1. The van der Waals surface area contributed by atoms with Crippen LogP contribution in [0.4, 0.5) is 0 Å². The molecule has 0 fully saturated rings. The molecule has 0 radical (unpaired) electrons. The summed E-state index contributed by atoms with van der Waals surface area (Å²) in [5.74, 6) is -0.563. The van der Waals surface area contributed by atoms with Gasteiger partial charge in [-0.25, -0.2) is 4.79 Å². The van der Waals surface area contributed by atoms with Gasteiger partial charge in [0.25, 0.3) is 0 Å². The number of allylic oxidation sites excluding steroid dienone is 1. The van der Waals surface area contributed by atoms with E-state index in [0.29, 0.717) is 5.56 Å². The Hall–Kier alpha value is -1.77. The van der Waals surface area contributed by atoms with Crippen LogP contribution < -0.4 is 0 Å². The largest absolute Gasteiger partial charge is 0.507 e. The van der Waals surface area contributed by atoms with Crippen LogP contribution >= 0.6 is 0 Å². The molecular formula is C14H20O3. The Balaban J connectivity index is 0.00000256. The van der Waals surface area contributed by atoms with Crippen molar-refractivity contribution in [3.05, 3.63) is 41.5 Å². The number of phenols is 1. The quantitative estimate of drug-likeness (QED) is 0.646. The molecule has 0 aromatic heterocycles. The smallest absolute Gasteiger partial charge is 0.341 e. The zero-order valence-corrected chi connectivity index (χ0v) is 9.78. The predicted molar refractivity (Wildman–Crippen MR) is 69.5 cm³/mol. The minimum absolute atomic E-state index is 0. The van der Waals surface area contributed by atoms with E-state index in [1.807, 2.05) is 19.9 Å². The SMILES string of the molecule is C.C=CC(C)c1cc(C)cc(C(=O)OC)c1O. The van der Waals surface area contributed by atoms with Gasteiger partial charge in [-0.15, -0.1) is 6.58 Å². The van der Waals surface area contributed by atoms with Crippen LogP contribution in [-0.2, 0) is 4.74 Å². The van der Waals surface area contributed by atoms with Crippen molar-refractivity contribution in [2.24, 2.45) is 0 Å². The van der Waals surface area contributed by atoms with Crippen LogP contribution in [0.5, 0.6) is 5.75 Å². The summed E-state index contributed by atoms with van der Waals surface area (Å²) in [5, 5.41) is 9.97. The number of ether oxygens (including phenoxy) is 1. The van der Waals surface area contributed by atoms with Crippen LogP contribution in [-0.4, -0.2) is 18.2 Å².